The van der Waals surface area contributed by atoms with E-state index in [0.29, 0.717) is 17.8 Å². The van der Waals surface area contributed by atoms with Gasteiger partial charge >= 0.3 is 5.97 Å². The van der Waals surface area contributed by atoms with Crippen LogP contribution in [0.2, 0.25) is 0 Å². The van der Waals surface area contributed by atoms with E-state index in [1.807, 2.05) is 18.2 Å². The summed E-state index contributed by atoms with van der Waals surface area (Å²) in [7, 11) is 0. The summed E-state index contributed by atoms with van der Waals surface area (Å²) in [6.45, 7) is 6.67. The van der Waals surface area contributed by atoms with Crippen molar-refractivity contribution in [3.8, 4) is 6.07 Å². The van der Waals surface area contributed by atoms with E-state index >= 15 is 0 Å². The average molecular weight is 378 g/mol. The second-order valence-electron chi connectivity index (χ2n) is 9.53. The first-order valence-corrected chi connectivity index (χ1v) is 10.8. The predicted octanol–water partition coefficient (Wildman–Crippen LogP) is 5.49. The first-order valence-electron chi connectivity index (χ1n) is 10.8. The van der Waals surface area contributed by atoms with Crippen molar-refractivity contribution in [1.29, 1.82) is 5.26 Å². The zero-order valence-electron chi connectivity index (χ0n) is 17.2. The zero-order chi connectivity index (χ0) is 19.9. The fourth-order valence-electron chi connectivity index (χ4n) is 6.01. The number of esters is 1. The van der Waals surface area contributed by atoms with Crippen LogP contribution in [0.15, 0.2) is 42.5 Å². The largest absolute Gasteiger partial charge is 0.461 e. The fourth-order valence-corrected chi connectivity index (χ4v) is 6.01. The number of nitriles is 1. The first-order chi connectivity index (χ1) is 13.5. The van der Waals surface area contributed by atoms with Gasteiger partial charge < -0.3 is 4.74 Å². The molecule has 3 heteroatoms. The molecule has 0 N–H and O–H groups in total. The number of allylic oxidation sites excluding steroid dienone is 2. The zero-order valence-corrected chi connectivity index (χ0v) is 17.2. The molecule has 3 aliphatic carbocycles. The van der Waals surface area contributed by atoms with Gasteiger partial charge in [0.2, 0.25) is 0 Å². The number of nitrogens with zero attached hydrogens (tertiary/aromatic N) is 1. The molecule has 7 atom stereocenters. The third kappa shape index (κ3) is 2.98. The van der Waals surface area contributed by atoms with Gasteiger partial charge in [0.15, 0.2) is 5.41 Å². The van der Waals surface area contributed by atoms with E-state index in [-0.39, 0.29) is 29.8 Å². The van der Waals surface area contributed by atoms with E-state index in [1.54, 1.807) is 0 Å². The van der Waals surface area contributed by atoms with Gasteiger partial charge in [0.1, 0.15) is 6.10 Å². The Morgan fingerprint density at radius 2 is 1.93 bits per heavy atom. The minimum absolute atomic E-state index is 0.0429. The summed E-state index contributed by atoms with van der Waals surface area (Å²) in [4.78, 5) is 13.6. The lowest BCUT2D eigenvalue weighted by molar-refractivity contribution is -0.167. The standard InChI is InChI=1S/C25H31NO2/c1-16(2)21-12-9-17(3)13-22(21)28-24(27)25(15-26)20-11-10-19(14-20)23(25)18-7-5-4-6-8-18/h4-8,10-11,16-17,19-23H,9,12-14H2,1-3H3/t17-,19+,20-,21+,22-,23+,25+/m1/s1. The molecule has 0 aromatic heterocycles. The van der Waals surface area contributed by atoms with Gasteiger partial charge in [-0.3, -0.25) is 4.79 Å². The van der Waals surface area contributed by atoms with Gasteiger partial charge in [-0.25, -0.2) is 0 Å². The number of rotatable bonds is 4. The SMILES string of the molecule is CC(C)[C@@H]1CC[C@@H](C)C[C@H]1OC(=O)[C@@]1(C#N)[C@@H]2C=C[C@@H](C2)[C@@H]1c1ccccc1. The van der Waals surface area contributed by atoms with Crippen molar-refractivity contribution < 1.29 is 9.53 Å². The normalized spacial score (nSPS) is 39.1. The Bertz CT molecular complexity index is 793. The second kappa shape index (κ2) is 7.39. The highest BCUT2D eigenvalue weighted by atomic mass is 16.5. The highest BCUT2D eigenvalue weighted by Gasteiger charge is 2.63. The van der Waals surface area contributed by atoms with Gasteiger partial charge in [-0.15, -0.1) is 0 Å². The van der Waals surface area contributed by atoms with Crippen LogP contribution in [0, 0.1) is 46.3 Å². The lowest BCUT2D eigenvalue weighted by atomic mass is 9.66. The molecule has 1 aromatic carbocycles. The van der Waals surface area contributed by atoms with Crippen molar-refractivity contribution in [3.05, 3.63) is 48.0 Å². The second-order valence-corrected chi connectivity index (χ2v) is 9.53. The molecule has 0 radical (unpaired) electrons. The minimum Gasteiger partial charge on any atom is -0.461 e. The fraction of sp³-hybridized carbons (Fsp3) is 0.600. The van der Waals surface area contributed by atoms with Gasteiger partial charge in [-0.2, -0.15) is 5.26 Å². The van der Waals surface area contributed by atoms with Crippen LogP contribution in [-0.4, -0.2) is 12.1 Å². The minimum atomic E-state index is -1.09. The number of fused-ring (bicyclic) bond motifs is 2. The van der Waals surface area contributed by atoms with Crippen LogP contribution >= 0.6 is 0 Å². The predicted molar refractivity (Wildman–Crippen MR) is 109 cm³/mol. The van der Waals surface area contributed by atoms with E-state index in [2.05, 4.69) is 51.1 Å². The van der Waals surface area contributed by atoms with E-state index < -0.39 is 5.41 Å². The van der Waals surface area contributed by atoms with Crippen molar-refractivity contribution in [2.75, 3.05) is 0 Å². The molecule has 1 aromatic rings. The number of benzene rings is 1. The molecule has 3 nitrogen and oxygen atoms in total. The molecular formula is C25H31NO2. The van der Waals surface area contributed by atoms with E-state index in [0.717, 1.165) is 24.8 Å². The molecule has 0 saturated heterocycles. The number of carbonyl (C=O) groups is 1. The maximum absolute atomic E-state index is 13.6. The molecule has 2 saturated carbocycles. The van der Waals surface area contributed by atoms with Crippen LogP contribution in [0.5, 0.6) is 0 Å². The Balaban J connectivity index is 1.66. The maximum Gasteiger partial charge on any atom is 0.328 e. The molecule has 148 valence electrons. The van der Waals surface area contributed by atoms with Gasteiger partial charge in [-0.1, -0.05) is 69.7 Å². The summed E-state index contributed by atoms with van der Waals surface area (Å²) >= 11 is 0. The monoisotopic (exact) mass is 377 g/mol. The summed E-state index contributed by atoms with van der Waals surface area (Å²) in [5.41, 5.74) is -0.0153. The number of hydrogen-bond donors (Lipinski definition) is 0. The Labute approximate surface area is 168 Å². The van der Waals surface area contributed by atoms with Crippen molar-refractivity contribution in [3.63, 3.8) is 0 Å². The molecule has 28 heavy (non-hydrogen) atoms. The van der Waals surface area contributed by atoms with Gasteiger partial charge in [0.25, 0.3) is 0 Å². The van der Waals surface area contributed by atoms with Crippen LogP contribution in [0.4, 0.5) is 0 Å². The third-order valence-electron chi connectivity index (χ3n) is 7.52. The molecule has 2 bridgehead atoms. The quantitative estimate of drug-likeness (QED) is 0.515. The van der Waals surface area contributed by atoms with Crippen LogP contribution in [0.25, 0.3) is 0 Å². The average Bonchev–Trinajstić information content (AvgIpc) is 3.28. The molecular weight excluding hydrogens is 346 g/mol. The van der Waals surface area contributed by atoms with Crippen LogP contribution in [0.1, 0.15) is 57.9 Å². The summed E-state index contributed by atoms with van der Waals surface area (Å²) < 4.78 is 6.22. The number of ether oxygens (including phenoxy) is 1. The highest BCUT2D eigenvalue weighted by Crippen LogP contribution is 2.61. The lowest BCUT2D eigenvalue weighted by Crippen LogP contribution is -2.45. The van der Waals surface area contributed by atoms with Gasteiger partial charge in [-0.05, 0) is 48.5 Å². The summed E-state index contributed by atoms with van der Waals surface area (Å²) in [6, 6.07) is 12.6. The lowest BCUT2D eigenvalue weighted by Gasteiger charge is -2.40. The maximum atomic E-state index is 13.6. The van der Waals surface area contributed by atoms with E-state index in [9.17, 15) is 10.1 Å². The molecule has 0 spiro atoms. The smallest absolute Gasteiger partial charge is 0.328 e. The molecule has 0 unspecified atom stereocenters. The Morgan fingerprint density at radius 1 is 1.18 bits per heavy atom. The molecule has 0 amide bonds. The Hall–Kier alpha value is -2.08. The Morgan fingerprint density at radius 3 is 2.61 bits per heavy atom. The summed E-state index contributed by atoms with van der Waals surface area (Å²) in [6.07, 6.45) is 8.29. The van der Waals surface area contributed by atoms with Gasteiger partial charge in [0, 0.05) is 11.8 Å². The molecule has 0 heterocycles. The van der Waals surface area contributed by atoms with E-state index in [4.69, 9.17) is 4.74 Å². The topological polar surface area (TPSA) is 50.1 Å². The first kappa shape index (κ1) is 19.2. The molecule has 2 fully saturated rings. The third-order valence-corrected chi connectivity index (χ3v) is 7.52. The molecule has 0 aliphatic heterocycles. The van der Waals surface area contributed by atoms with Crippen molar-refractivity contribution >= 4 is 5.97 Å². The highest BCUT2D eigenvalue weighted by molar-refractivity contribution is 5.84. The molecule has 4 rings (SSSR count). The van der Waals surface area contributed by atoms with Crippen molar-refractivity contribution in [2.45, 2.75) is 58.5 Å². The number of carbonyl (C=O) groups excluding carboxylic acids is 1. The number of hydrogen-bond acceptors (Lipinski definition) is 3. The van der Waals surface area contributed by atoms with Crippen LogP contribution in [-0.2, 0) is 9.53 Å². The summed E-state index contributed by atoms with van der Waals surface area (Å²) in [5, 5.41) is 10.3. The van der Waals surface area contributed by atoms with Crippen LogP contribution in [0.3, 0.4) is 0 Å². The van der Waals surface area contributed by atoms with Crippen LogP contribution < -0.4 is 0 Å². The van der Waals surface area contributed by atoms with Crippen molar-refractivity contribution in [1.82, 2.24) is 0 Å². The van der Waals surface area contributed by atoms with E-state index in [1.165, 1.54) is 6.42 Å². The Kier molecular flexibility index (Phi) is 5.08. The molecule has 3 aliphatic rings. The summed E-state index contributed by atoms with van der Waals surface area (Å²) in [5.74, 6) is 1.23. The van der Waals surface area contributed by atoms with Gasteiger partial charge in [0.05, 0.1) is 6.07 Å². The van der Waals surface area contributed by atoms with Crippen molar-refractivity contribution in [2.24, 2.45) is 35.0 Å².